The molecule has 1 unspecified atom stereocenters. The quantitative estimate of drug-likeness (QED) is 0.664. The van der Waals surface area contributed by atoms with Gasteiger partial charge in [0, 0.05) is 4.47 Å². The van der Waals surface area contributed by atoms with Crippen LogP contribution in [0.1, 0.15) is 12.5 Å². The van der Waals surface area contributed by atoms with Crippen molar-refractivity contribution in [2.24, 2.45) is 0 Å². The number of ether oxygens (including phenoxy) is 1. The number of hydrogen-bond donors (Lipinski definition) is 1. The highest BCUT2D eigenvalue weighted by Gasteiger charge is 2.23. The zero-order chi connectivity index (χ0) is 20.0. The second-order valence-corrected chi connectivity index (χ2v) is 9.03. The van der Waals surface area contributed by atoms with Gasteiger partial charge in [0.1, 0.15) is 18.9 Å². The Balaban J connectivity index is 1.99. The van der Waals surface area contributed by atoms with E-state index in [2.05, 4.69) is 21.2 Å². The molecule has 146 valence electrons. The zero-order valence-electron chi connectivity index (χ0n) is 15.5. The van der Waals surface area contributed by atoms with E-state index in [-0.39, 0.29) is 19.2 Å². The molecule has 2 aromatic carbocycles. The lowest BCUT2D eigenvalue weighted by molar-refractivity contribution is -0.120. The second-order valence-electron chi connectivity index (χ2n) is 6.27. The number of nitrogens with zero attached hydrogens (tertiary/aromatic N) is 1. The van der Waals surface area contributed by atoms with Crippen molar-refractivity contribution in [1.29, 1.82) is 0 Å². The van der Waals surface area contributed by atoms with Crippen LogP contribution < -0.4 is 14.4 Å². The number of carbonyl (C=O) groups is 1. The Bertz CT molecular complexity index is 902. The van der Waals surface area contributed by atoms with E-state index in [0.717, 1.165) is 21.9 Å². The van der Waals surface area contributed by atoms with Crippen LogP contribution in [0.15, 0.2) is 53.0 Å². The van der Waals surface area contributed by atoms with Crippen molar-refractivity contribution in [3.8, 4) is 5.75 Å². The summed E-state index contributed by atoms with van der Waals surface area (Å²) in [6.07, 6.45) is 1.07. The van der Waals surface area contributed by atoms with Gasteiger partial charge in [0.15, 0.2) is 0 Å². The fourth-order valence-electron chi connectivity index (χ4n) is 2.46. The molecule has 0 aliphatic heterocycles. The van der Waals surface area contributed by atoms with Crippen molar-refractivity contribution in [2.45, 2.75) is 19.9 Å². The van der Waals surface area contributed by atoms with Crippen molar-refractivity contribution < 1.29 is 17.9 Å². The third kappa shape index (κ3) is 6.25. The van der Waals surface area contributed by atoms with Gasteiger partial charge in [-0.1, -0.05) is 30.3 Å². The summed E-state index contributed by atoms with van der Waals surface area (Å²) in [4.78, 5) is 12.4. The Labute approximate surface area is 168 Å². The molecule has 0 radical (unpaired) electrons. The molecule has 0 fully saturated rings. The third-order valence-electron chi connectivity index (χ3n) is 3.80. The number of benzene rings is 2. The monoisotopic (exact) mass is 454 g/mol. The number of nitrogens with one attached hydrogen (secondary N) is 1. The van der Waals surface area contributed by atoms with Crippen molar-refractivity contribution in [3.63, 3.8) is 0 Å². The summed E-state index contributed by atoms with van der Waals surface area (Å²) < 4.78 is 31.7. The highest BCUT2D eigenvalue weighted by molar-refractivity contribution is 9.10. The SMILES string of the molecule is Cc1ccccc1OCC(C)NC(=O)CN(c1ccccc1Br)S(C)(=O)=O. The summed E-state index contributed by atoms with van der Waals surface area (Å²) in [7, 11) is -3.62. The maximum atomic E-state index is 12.4. The Hall–Kier alpha value is -2.06. The zero-order valence-corrected chi connectivity index (χ0v) is 17.9. The fraction of sp³-hybridized carbons (Fsp3) is 0.316. The van der Waals surface area contributed by atoms with Gasteiger partial charge in [-0.15, -0.1) is 0 Å². The smallest absolute Gasteiger partial charge is 0.241 e. The predicted octanol–water partition coefficient (Wildman–Crippen LogP) is 3.11. The van der Waals surface area contributed by atoms with Crippen LogP contribution in [-0.4, -0.2) is 39.8 Å². The average molecular weight is 455 g/mol. The first-order valence-electron chi connectivity index (χ1n) is 8.38. The molecule has 8 heteroatoms. The van der Waals surface area contributed by atoms with Crippen molar-refractivity contribution in [1.82, 2.24) is 5.32 Å². The van der Waals surface area contributed by atoms with Gasteiger partial charge in [-0.3, -0.25) is 9.10 Å². The minimum Gasteiger partial charge on any atom is -0.491 e. The first kappa shape index (κ1) is 21.2. The van der Waals surface area contributed by atoms with Crippen LogP contribution in [0.5, 0.6) is 5.75 Å². The van der Waals surface area contributed by atoms with E-state index in [1.54, 1.807) is 31.2 Å². The van der Waals surface area contributed by atoms with E-state index < -0.39 is 15.9 Å². The molecule has 0 aliphatic carbocycles. The lowest BCUT2D eigenvalue weighted by Crippen LogP contribution is -2.45. The van der Waals surface area contributed by atoms with Crippen LogP contribution >= 0.6 is 15.9 Å². The van der Waals surface area contributed by atoms with E-state index >= 15 is 0 Å². The summed E-state index contributed by atoms with van der Waals surface area (Å²) in [5.74, 6) is 0.349. The number of rotatable bonds is 8. The van der Waals surface area contributed by atoms with E-state index in [0.29, 0.717) is 10.2 Å². The van der Waals surface area contributed by atoms with Crippen LogP contribution in [0.4, 0.5) is 5.69 Å². The Morgan fingerprint density at radius 2 is 1.81 bits per heavy atom. The van der Waals surface area contributed by atoms with Gasteiger partial charge in [-0.25, -0.2) is 8.42 Å². The van der Waals surface area contributed by atoms with Crippen LogP contribution in [0.3, 0.4) is 0 Å². The largest absolute Gasteiger partial charge is 0.491 e. The van der Waals surface area contributed by atoms with Crippen molar-refractivity contribution in [2.75, 3.05) is 23.7 Å². The molecular weight excluding hydrogens is 432 g/mol. The van der Waals surface area contributed by atoms with Gasteiger partial charge in [-0.2, -0.15) is 0 Å². The summed E-state index contributed by atoms with van der Waals surface area (Å²) >= 11 is 3.33. The van der Waals surface area contributed by atoms with E-state index in [4.69, 9.17) is 4.74 Å². The predicted molar refractivity (Wildman–Crippen MR) is 111 cm³/mol. The molecule has 2 aromatic rings. The molecule has 0 saturated carbocycles. The molecule has 1 N–H and O–H groups in total. The number of hydrogen-bond acceptors (Lipinski definition) is 4. The van der Waals surface area contributed by atoms with E-state index in [1.165, 1.54) is 0 Å². The highest BCUT2D eigenvalue weighted by atomic mass is 79.9. The summed E-state index contributed by atoms with van der Waals surface area (Å²) in [6.45, 7) is 3.72. The standard InChI is InChI=1S/C19H23BrN2O4S/c1-14-8-4-7-11-18(14)26-13-15(2)21-19(23)12-22(27(3,24)25)17-10-6-5-9-16(17)20/h4-11,15H,12-13H2,1-3H3,(H,21,23). The molecule has 27 heavy (non-hydrogen) atoms. The number of amides is 1. The molecule has 0 heterocycles. The Morgan fingerprint density at radius 3 is 2.44 bits per heavy atom. The lowest BCUT2D eigenvalue weighted by Gasteiger charge is -2.24. The molecule has 1 amide bonds. The molecule has 0 bridgehead atoms. The third-order valence-corrected chi connectivity index (χ3v) is 5.60. The van der Waals surface area contributed by atoms with E-state index in [9.17, 15) is 13.2 Å². The van der Waals surface area contributed by atoms with E-state index in [1.807, 2.05) is 31.2 Å². The number of carbonyl (C=O) groups excluding carboxylic acids is 1. The molecular formula is C19H23BrN2O4S. The highest BCUT2D eigenvalue weighted by Crippen LogP contribution is 2.27. The topological polar surface area (TPSA) is 75.7 Å². The maximum absolute atomic E-state index is 12.4. The minimum atomic E-state index is -3.62. The van der Waals surface area contributed by atoms with Gasteiger partial charge >= 0.3 is 0 Å². The number of aryl methyl sites for hydroxylation is 1. The first-order chi connectivity index (χ1) is 12.7. The molecule has 0 aliphatic rings. The molecule has 6 nitrogen and oxygen atoms in total. The Morgan fingerprint density at radius 1 is 1.19 bits per heavy atom. The number of sulfonamides is 1. The fourth-order valence-corrected chi connectivity index (χ4v) is 3.95. The average Bonchev–Trinajstić information content (AvgIpc) is 2.59. The van der Waals surface area contributed by atoms with Crippen LogP contribution in [0.2, 0.25) is 0 Å². The van der Waals surface area contributed by atoms with Crippen LogP contribution in [-0.2, 0) is 14.8 Å². The maximum Gasteiger partial charge on any atom is 0.241 e. The minimum absolute atomic E-state index is 0.280. The van der Waals surface area contributed by atoms with Gasteiger partial charge in [0.2, 0.25) is 15.9 Å². The normalized spacial score (nSPS) is 12.3. The summed E-state index contributed by atoms with van der Waals surface area (Å²) in [6, 6.07) is 14.2. The number of para-hydroxylation sites is 2. The molecule has 1 atom stereocenters. The number of halogens is 1. The van der Waals surface area contributed by atoms with Crippen molar-refractivity contribution in [3.05, 3.63) is 58.6 Å². The summed E-state index contributed by atoms with van der Waals surface area (Å²) in [5, 5.41) is 2.78. The lowest BCUT2D eigenvalue weighted by atomic mass is 10.2. The number of anilines is 1. The van der Waals surface area contributed by atoms with Crippen LogP contribution in [0.25, 0.3) is 0 Å². The Kier molecular flexibility index (Phi) is 7.26. The molecule has 0 saturated heterocycles. The molecule has 0 spiro atoms. The van der Waals surface area contributed by atoms with Gasteiger partial charge < -0.3 is 10.1 Å². The second kappa shape index (κ2) is 9.23. The summed E-state index contributed by atoms with van der Waals surface area (Å²) in [5.41, 5.74) is 1.42. The van der Waals surface area contributed by atoms with Crippen LogP contribution in [0, 0.1) is 6.92 Å². The van der Waals surface area contributed by atoms with Gasteiger partial charge in [-0.05, 0) is 53.5 Å². The van der Waals surface area contributed by atoms with Crippen molar-refractivity contribution >= 4 is 37.5 Å². The molecule has 2 rings (SSSR count). The first-order valence-corrected chi connectivity index (χ1v) is 11.0. The molecule has 0 aromatic heterocycles. The van der Waals surface area contributed by atoms with Gasteiger partial charge in [0.25, 0.3) is 0 Å². The van der Waals surface area contributed by atoms with Gasteiger partial charge in [0.05, 0.1) is 18.0 Å².